The van der Waals surface area contributed by atoms with Gasteiger partial charge in [0.15, 0.2) is 5.96 Å². The van der Waals surface area contributed by atoms with Crippen molar-refractivity contribution in [3.05, 3.63) is 41.7 Å². The molecule has 0 radical (unpaired) electrons. The Kier molecular flexibility index (Phi) is 4.68. The Bertz CT molecular complexity index is 788. The third kappa shape index (κ3) is 3.11. The SMILES string of the molecule is CN=C(NCCN1C(=O)C2C3C=CC(C3)C2C1=O)NCc1ncccc1C. The van der Waals surface area contributed by atoms with Crippen LogP contribution >= 0.6 is 0 Å². The predicted octanol–water partition coefficient (Wildman–Crippen LogP) is 0.862. The van der Waals surface area contributed by atoms with Crippen LogP contribution in [0, 0.1) is 30.6 Å². The van der Waals surface area contributed by atoms with Gasteiger partial charge in [0.1, 0.15) is 0 Å². The molecule has 1 aliphatic heterocycles. The molecule has 27 heavy (non-hydrogen) atoms. The van der Waals surface area contributed by atoms with E-state index in [0.29, 0.717) is 25.6 Å². The fourth-order valence-corrected chi connectivity index (χ4v) is 4.56. The molecule has 7 nitrogen and oxygen atoms in total. The van der Waals surface area contributed by atoms with E-state index in [1.165, 1.54) is 4.90 Å². The molecule has 1 aromatic heterocycles. The van der Waals surface area contributed by atoms with Crippen molar-refractivity contribution in [3.8, 4) is 0 Å². The Morgan fingerprint density at radius 3 is 2.56 bits per heavy atom. The van der Waals surface area contributed by atoms with Crippen LogP contribution in [0.15, 0.2) is 35.5 Å². The maximum Gasteiger partial charge on any atom is 0.233 e. The number of likely N-dealkylation sites (tertiary alicyclic amines) is 1. The summed E-state index contributed by atoms with van der Waals surface area (Å²) in [4.78, 5) is 35.3. The van der Waals surface area contributed by atoms with Crippen molar-refractivity contribution < 1.29 is 9.59 Å². The quantitative estimate of drug-likeness (QED) is 0.349. The molecule has 0 spiro atoms. The Morgan fingerprint density at radius 1 is 1.22 bits per heavy atom. The average molecular weight is 367 g/mol. The van der Waals surface area contributed by atoms with Gasteiger partial charge in [0.05, 0.1) is 24.1 Å². The van der Waals surface area contributed by atoms with Crippen molar-refractivity contribution in [1.29, 1.82) is 0 Å². The minimum absolute atomic E-state index is 0.00398. The molecule has 2 aliphatic carbocycles. The van der Waals surface area contributed by atoms with Gasteiger partial charge in [-0.2, -0.15) is 0 Å². The Hall–Kier alpha value is -2.70. The maximum atomic E-state index is 12.7. The molecular weight excluding hydrogens is 342 g/mol. The number of amides is 2. The molecule has 0 aromatic carbocycles. The number of aliphatic imine (C=N–C) groups is 1. The number of nitrogens with zero attached hydrogens (tertiary/aromatic N) is 3. The lowest BCUT2D eigenvalue weighted by atomic mass is 9.85. The van der Waals surface area contributed by atoms with E-state index in [2.05, 4.69) is 32.8 Å². The summed E-state index contributed by atoms with van der Waals surface area (Å²) in [5.41, 5.74) is 2.07. The van der Waals surface area contributed by atoms with E-state index >= 15 is 0 Å². The second-order valence-electron chi connectivity index (χ2n) is 7.45. The van der Waals surface area contributed by atoms with Crippen molar-refractivity contribution in [2.45, 2.75) is 19.9 Å². The maximum absolute atomic E-state index is 12.7. The van der Waals surface area contributed by atoms with Crippen LogP contribution in [-0.2, 0) is 16.1 Å². The first-order chi connectivity index (χ1) is 13.1. The number of aryl methyl sites for hydroxylation is 1. The summed E-state index contributed by atoms with van der Waals surface area (Å²) in [5, 5.41) is 6.40. The van der Waals surface area contributed by atoms with Crippen LogP contribution < -0.4 is 10.6 Å². The minimum Gasteiger partial charge on any atom is -0.355 e. The second-order valence-corrected chi connectivity index (χ2v) is 7.45. The molecule has 2 bridgehead atoms. The van der Waals surface area contributed by atoms with Crippen molar-refractivity contribution in [1.82, 2.24) is 20.5 Å². The molecule has 4 atom stereocenters. The summed E-state index contributed by atoms with van der Waals surface area (Å²) in [7, 11) is 1.69. The second kappa shape index (κ2) is 7.13. The number of aromatic nitrogens is 1. The molecular formula is C20H25N5O2. The highest BCUT2D eigenvalue weighted by atomic mass is 16.2. The summed E-state index contributed by atoms with van der Waals surface area (Å²) in [5.74, 6) is 0.873. The first-order valence-electron chi connectivity index (χ1n) is 9.48. The molecule has 1 saturated carbocycles. The van der Waals surface area contributed by atoms with Crippen LogP contribution in [-0.4, -0.2) is 47.8 Å². The molecule has 1 aromatic rings. The smallest absolute Gasteiger partial charge is 0.233 e. The highest BCUT2D eigenvalue weighted by molar-refractivity contribution is 6.06. The lowest BCUT2D eigenvalue weighted by Crippen LogP contribution is -2.43. The lowest BCUT2D eigenvalue weighted by Gasteiger charge is -2.18. The predicted molar refractivity (Wildman–Crippen MR) is 102 cm³/mol. The van der Waals surface area contributed by atoms with E-state index in [1.54, 1.807) is 13.2 Å². The normalized spacial score (nSPS) is 28.8. The third-order valence-electron chi connectivity index (χ3n) is 5.95. The zero-order chi connectivity index (χ0) is 19.0. The van der Waals surface area contributed by atoms with Gasteiger partial charge in [0.2, 0.25) is 11.8 Å². The number of fused-ring (bicyclic) bond motifs is 5. The summed E-state index contributed by atoms with van der Waals surface area (Å²) >= 11 is 0. The standard InChI is InChI=1S/C20H25N5O2/c1-12-4-3-7-22-15(12)11-24-20(21-2)23-8-9-25-18(26)16-13-5-6-14(10-13)17(16)19(25)27/h3-7,13-14,16-17H,8-11H2,1-2H3,(H2,21,23,24). The van der Waals surface area contributed by atoms with Crippen LogP contribution in [0.2, 0.25) is 0 Å². The van der Waals surface area contributed by atoms with Crippen molar-refractivity contribution in [2.75, 3.05) is 20.1 Å². The van der Waals surface area contributed by atoms with Gasteiger partial charge in [0, 0.05) is 26.3 Å². The van der Waals surface area contributed by atoms with Crippen LogP contribution in [0.5, 0.6) is 0 Å². The van der Waals surface area contributed by atoms with E-state index in [4.69, 9.17) is 0 Å². The average Bonchev–Trinajstić information content (AvgIpc) is 3.35. The summed E-state index contributed by atoms with van der Waals surface area (Å²) in [6.45, 7) is 3.42. The fourth-order valence-electron chi connectivity index (χ4n) is 4.56. The largest absolute Gasteiger partial charge is 0.355 e. The molecule has 2 heterocycles. The van der Waals surface area contributed by atoms with Gasteiger partial charge >= 0.3 is 0 Å². The zero-order valence-electron chi connectivity index (χ0n) is 15.7. The van der Waals surface area contributed by atoms with Gasteiger partial charge in [-0.25, -0.2) is 0 Å². The zero-order valence-corrected chi connectivity index (χ0v) is 15.7. The van der Waals surface area contributed by atoms with Crippen LogP contribution in [0.25, 0.3) is 0 Å². The summed E-state index contributed by atoms with van der Waals surface area (Å²) < 4.78 is 0. The monoisotopic (exact) mass is 367 g/mol. The lowest BCUT2D eigenvalue weighted by molar-refractivity contribution is -0.140. The van der Waals surface area contributed by atoms with Crippen LogP contribution in [0.4, 0.5) is 0 Å². The van der Waals surface area contributed by atoms with Crippen molar-refractivity contribution in [3.63, 3.8) is 0 Å². The Labute approximate surface area is 158 Å². The number of carbonyl (C=O) groups is 2. The topological polar surface area (TPSA) is 86.7 Å². The Balaban J connectivity index is 1.28. The third-order valence-corrected chi connectivity index (χ3v) is 5.95. The highest BCUT2D eigenvalue weighted by Crippen LogP contribution is 2.52. The van der Waals surface area contributed by atoms with Gasteiger partial charge in [-0.1, -0.05) is 18.2 Å². The summed E-state index contributed by atoms with van der Waals surface area (Å²) in [6.07, 6.45) is 6.96. The molecule has 4 rings (SSSR count). The number of allylic oxidation sites excluding steroid dienone is 2. The Morgan fingerprint density at radius 2 is 1.93 bits per heavy atom. The van der Waals surface area contributed by atoms with Crippen molar-refractivity contribution in [2.24, 2.45) is 28.7 Å². The van der Waals surface area contributed by atoms with Crippen molar-refractivity contribution >= 4 is 17.8 Å². The molecule has 2 N–H and O–H groups in total. The number of hydrogen-bond donors (Lipinski definition) is 2. The number of pyridine rings is 1. The first-order valence-corrected chi connectivity index (χ1v) is 9.48. The van der Waals surface area contributed by atoms with E-state index in [-0.39, 0.29) is 35.5 Å². The van der Waals surface area contributed by atoms with Gasteiger partial charge < -0.3 is 10.6 Å². The molecule has 3 aliphatic rings. The number of guanidine groups is 1. The fraction of sp³-hybridized carbons (Fsp3) is 0.500. The number of imide groups is 1. The summed E-state index contributed by atoms with van der Waals surface area (Å²) in [6, 6.07) is 3.93. The first kappa shape index (κ1) is 17.7. The van der Waals surface area contributed by atoms with Crippen LogP contribution in [0.3, 0.4) is 0 Å². The highest BCUT2D eigenvalue weighted by Gasteiger charge is 2.58. The molecule has 1 saturated heterocycles. The van der Waals surface area contributed by atoms with Gasteiger partial charge in [-0.15, -0.1) is 0 Å². The molecule has 142 valence electrons. The van der Waals surface area contributed by atoms with E-state index < -0.39 is 0 Å². The van der Waals surface area contributed by atoms with Gasteiger partial charge in [-0.3, -0.25) is 24.5 Å². The number of carbonyl (C=O) groups excluding carboxylic acids is 2. The molecule has 4 unspecified atom stereocenters. The van der Waals surface area contributed by atoms with E-state index in [9.17, 15) is 9.59 Å². The van der Waals surface area contributed by atoms with Crippen LogP contribution in [0.1, 0.15) is 17.7 Å². The molecule has 2 fully saturated rings. The molecule has 2 amide bonds. The number of nitrogens with one attached hydrogen (secondary N) is 2. The van der Waals surface area contributed by atoms with Gasteiger partial charge in [-0.05, 0) is 36.8 Å². The van der Waals surface area contributed by atoms with Gasteiger partial charge in [0.25, 0.3) is 0 Å². The van der Waals surface area contributed by atoms with E-state index in [1.807, 2.05) is 19.1 Å². The number of rotatable bonds is 5. The number of hydrogen-bond acceptors (Lipinski definition) is 4. The van der Waals surface area contributed by atoms with E-state index in [0.717, 1.165) is 17.7 Å². The molecule has 7 heteroatoms. The minimum atomic E-state index is -0.128.